The molecule has 43 heavy (non-hydrogen) atoms. The first-order valence-corrected chi connectivity index (χ1v) is 15.9. The van der Waals surface area contributed by atoms with Gasteiger partial charge in [0.25, 0.3) is 0 Å². The van der Waals surface area contributed by atoms with Crippen molar-refractivity contribution in [2.75, 3.05) is 33.4 Å². The minimum Gasteiger partial charge on any atom is -0.497 e. The monoisotopic (exact) mass is 593 g/mol. The summed E-state index contributed by atoms with van der Waals surface area (Å²) in [7, 11) is 1.60. The van der Waals surface area contributed by atoms with Crippen LogP contribution in [0.2, 0.25) is 0 Å². The molecular weight excluding hydrogens is 542 g/mol. The topological polar surface area (TPSA) is 110 Å². The van der Waals surface area contributed by atoms with Crippen LogP contribution >= 0.6 is 0 Å². The number of ether oxygens (including phenoxy) is 1. The smallest absolute Gasteiger partial charge is 0.193 e. The average molecular weight is 594 g/mol. The molecule has 7 nitrogen and oxygen atoms in total. The van der Waals surface area contributed by atoms with Crippen molar-refractivity contribution < 1.29 is 30.0 Å². The van der Waals surface area contributed by atoms with Gasteiger partial charge in [-0.3, -0.25) is 9.69 Å². The van der Waals surface area contributed by atoms with Crippen LogP contribution in [-0.2, 0) is 6.42 Å². The van der Waals surface area contributed by atoms with Crippen LogP contribution in [-0.4, -0.2) is 82.3 Å². The first-order chi connectivity index (χ1) is 20.5. The summed E-state index contributed by atoms with van der Waals surface area (Å²) >= 11 is 0. The van der Waals surface area contributed by atoms with E-state index in [-0.39, 0.29) is 18.3 Å². The zero-order chi connectivity index (χ0) is 31.2. The number of hydrogen-bond acceptors (Lipinski definition) is 7. The molecule has 5 unspecified atom stereocenters. The molecule has 5 atom stereocenters. The van der Waals surface area contributed by atoms with E-state index in [1.54, 1.807) is 31.4 Å². The highest BCUT2D eigenvalue weighted by Gasteiger charge is 2.57. The molecule has 3 aliphatic rings. The Hall–Kier alpha value is -2.55. The molecule has 1 fully saturated rings. The van der Waals surface area contributed by atoms with E-state index in [1.165, 1.54) is 5.57 Å². The zero-order valence-corrected chi connectivity index (χ0v) is 26.4. The largest absolute Gasteiger partial charge is 0.497 e. The zero-order valence-electron chi connectivity index (χ0n) is 26.4. The van der Waals surface area contributed by atoms with Crippen LogP contribution in [0.1, 0.15) is 98.7 Å². The third-order valence-corrected chi connectivity index (χ3v) is 9.97. The van der Waals surface area contributed by atoms with Crippen LogP contribution in [0, 0.1) is 5.41 Å². The number of hydrogen-bond donors (Lipinski definition) is 4. The van der Waals surface area contributed by atoms with Crippen LogP contribution in [0.25, 0.3) is 0 Å². The molecule has 2 bridgehead atoms. The second-order valence-electron chi connectivity index (χ2n) is 13.1. The van der Waals surface area contributed by atoms with Crippen LogP contribution in [0.15, 0.2) is 54.1 Å². The van der Waals surface area contributed by atoms with Crippen LogP contribution in [0.3, 0.4) is 0 Å². The first kappa shape index (κ1) is 33.3. The number of aliphatic hydroxyl groups excluding tert-OH is 3. The summed E-state index contributed by atoms with van der Waals surface area (Å²) in [6, 6.07) is 13.2. The Balaban J connectivity index is 1.81. The molecule has 0 aliphatic heterocycles. The minimum absolute atomic E-state index is 0.0726. The summed E-state index contributed by atoms with van der Waals surface area (Å²) in [6.45, 7) is 7.43. The van der Waals surface area contributed by atoms with Crippen LogP contribution in [0.4, 0.5) is 0 Å². The summed E-state index contributed by atoms with van der Waals surface area (Å²) < 4.78 is 5.31. The van der Waals surface area contributed by atoms with Crippen molar-refractivity contribution in [3.05, 3.63) is 76.4 Å². The van der Waals surface area contributed by atoms with E-state index in [0.29, 0.717) is 55.8 Å². The van der Waals surface area contributed by atoms with E-state index in [4.69, 9.17) is 4.74 Å². The molecular formula is C36H51NO6. The van der Waals surface area contributed by atoms with Gasteiger partial charge in [-0.05, 0) is 112 Å². The number of rotatable bonds is 10. The van der Waals surface area contributed by atoms with Gasteiger partial charge in [-0.15, -0.1) is 0 Å². The molecule has 0 amide bonds. The van der Waals surface area contributed by atoms with E-state index in [9.17, 15) is 25.2 Å². The number of carbonyl (C=O) groups excluding carboxylic acids is 1. The van der Waals surface area contributed by atoms with Crippen LogP contribution < -0.4 is 4.74 Å². The Morgan fingerprint density at radius 2 is 1.88 bits per heavy atom. The lowest BCUT2D eigenvalue weighted by atomic mass is 9.64. The van der Waals surface area contributed by atoms with Gasteiger partial charge in [-0.25, -0.2) is 0 Å². The highest BCUT2D eigenvalue weighted by atomic mass is 16.5. The van der Waals surface area contributed by atoms with Crippen molar-refractivity contribution in [2.24, 2.45) is 5.41 Å². The predicted octanol–water partition coefficient (Wildman–Crippen LogP) is 5.03. The molecule has 7 heteroatoms. The van der Waals surface area contributed by atoms with E-state index in [1.807, 2.05) is 12.1 Å². The molecule has 2 aromatic carbocycles. The Morgan fingerprint density at radius 1 is 1.14 bits per heavy atom. The van der Waals surface area contributed by atoms with Crippen molar-refractivity contribution in [1.82, 2.24) is 4.90 Å². The molecule has 1 saturated carbocycles. The maximum atomic E-state index is 14.2. The van der Waals surface area contributed by atoms with E-state index in [2.05, 4.69) is 37.8 Å². The molecule has 2 aromatic rings. The van der Waals surface area contributed by atoms with E-state index in [0.717, 1.165) is 43.2 Å². The summed E-state index contributed by atoms with van der Waals surface area (Å²) in [5, 5.41) is 43.2. The summed E-state index contributed by atoms with van der Waals surface area (Å²) in [6.07, 6.45) is 6.47. The van der Waals surface area contributed by atoms with Gasteiger partial charge < -0.3 is 25.2 Å². The van der Waals surface area contributed by atoms with Crippen molar-refractivity contribution in [1.29, 1.82) is 0 Å². The molecule has 0 saturated heterocycles. The summed E-state index contributed by atoms with van der Waals surface area (Å²) in [5.74, 6) is 0.535. The number of ketones is 1. The van der Waals surface area contributed by atoms with Gasteiger partial charge in [0.15, 0.2) is 5.78 Å². The van der Waals surface area contributed by atoms with Gasteiger partial charge >= 0.3 is 0 Å². The number of methoxy groups -OCH3 is 1. The second kappa shape index (κ2) is 14.5. The quantitative estimate of drug-likeness (QED) is 0.226. The highest BCUT2D eigenvalue weighted by molar-refractivity contribution is 6.10. The van der Waals surface area contributed by atoms with E-state index < -0.39 is 23.2 Å². The molecule has 0 aromatic heterocycles. The lowest BCUT2D eigenvalue weighted by Crippen LogP contribution is -2.54. The van der Waals surface area contributed by atoms with E-state index >= 15 is 0 Å². The first-order valence-electron chi connectivity index (χ1n) is 15.9. The maximum absolute atomic E-state index is 14.2. The fraction of sp³-hybridized carbons (Fsp3) is 0.583. The third kappa shape index (κ3) is 7.58. The van der Waals surface area contributed by atoms with Crippen molar-refractivity contribution in [3.8, 4) is 5.75 Å². The molecule has 0 heterocycles. The van der Waals surface area contributed by atoms with Gasteiger partial charge in [0, 0.05) is 29.6 Å². The normalized spacial score (nSPS) is 27.0. The minimum atomic E-state index is -1.06. The third-order valence-electron chi connectivity index (χ3n) is 9.97. The fourth-order valence-corrected chi connectivity index (χ4v) is 7.37. The van der Waals surface area contributed by atoms with Crippen LogP contribution in [0.5, 0.6) is 5.75 Å². The molecule has 236 valence electrons. The Kier molecular flexibility index (Phi) is 11.2. The average Bonchev–Trinajstić information content (AvgIpc) is 3.24. The number of carbonyl (C=O) groups is 1. The molecule has 0 spiro atoms. The Labute approximate surface area is 257 Å². The van der Waals surface area contributed by atoms with Gasteiger partial charge in [-0.2, -0.15) is 0 Å². The fourth-order valence-electron chi connectivity index (χ4n) is 7.37. The lowest BCUT2D eigenvalue weighted by Gasteiger charge is -2.46. The Morgan fingerprint density at radius 3 is 2.56 bits per heavy atom. The number of fused-ring (bicyclic) bond motifs is 8. The van der Waals surface area contributed by atoms with Gasteiger partial charge in [0.05, 0.1) is 31.5 Å². The molecule has 5 rings (SSSR count). The molecule has 3 aliphatic carbocycles. The van der Waals surface area contributed by atoms with Gasteiger partial charge in [-0.1, -0.05) is 37.6 Å². The molecule has 0 radical (unpaired) electrons. The summed E-state index contributed by atoms with van der Waals surface area (Å²) in [4.78, 5) is 16.2. The number of aliphatic hydroxyl groups is 4. The van der Waals surface area contributed by atoms with Gasteiger partial charge in [0.1, 0.15) is 5.75 Å². The second-order valence-corrected chi connectivity index (χ2v) is 13.1. The lowest BCUT2D eigenvalue weighted by molar-refractivity contribution is -0.0891. The van der Waals surface area contributed by atoms with Gasteiger partial charge in [0.2, 0.25) is 0 Å². The summed E-state index contributed by atoms with van der Waals surface area (Å²) in [5.41, 5.74) is 2.68. The standard InChI is InChI=1S/C36H51NO6/c1-5-19-37(22-29(40)23-38)24-36(42)18-16-33-31-15-9-26(20-28(39)12-8-25(2)7-6-17-35(33,36)3)21-32(31)34(41)27-10-13-30(43-4)14-11-27/h7,9-11,13-15,21,28-29,33,38-40,42H,5-6,8,12,16-20,22-24H2,1-4H3. The SMILES string of the molecule is CCCN(CC(O)CO)CC1(O)CCC2c3ccc(cc3C(=O)c3ccc(OC)cc3)CC(O)CCC(C)=CCCC21C. The Bertz CT molecular complexity index is 1260. The van der Waals surface area contributed by atoms with Crippen molar-refractivity contribution in [3.63, 3.8) is 0 Å². The predicted molar refractivity (Wildman–Crippen MR) is 170 cm³/mol. The van der Waals surface area contributed by atoms with Crippen molar-refractivity contribution >= 4 is 5.78 Å². The maximum Gasteiger partial charge on any atom is 0.193 e. The number of allylic oxidation sites excluding steroid dienone is 2. The highest BCUT2D eigenvalue weighted by Crippen LogP contribution is 2.58. The molecule has 4 N–H and O–H groups in total. The number of benzene rings is 2. The number of nitrogens with zero attached hydrogens (tertiary/aromatic N) is 1. The van der Waals surface area contributed by atoms with Crippen molar-refractivity contribution in [2.45, 2.75) is 95.9 Å².